The number of hydrogen-bond acceptors (Lipinski definition) is 6. The normalized spacial score (nSPS) is 24.7. The van der Waals surface area contributed by atoms with E-state index in [0.29, 0.717) is 25.9 Å². The first kappa shape index (κ1) is 22.4. The molecule has 6 heteroatoms. The van der Waals surface area contributed by atoms with Crippen LogP contribution in [0.1, 0.15) is 75.1 Å². The second kappa shape index (κ2) is 8.48. The van der Waals surface area contributed by atoms with Crippen molar-refractivity contribution in [1.82, 2.24) is 0 Å². The molecule has 2 aliphatic heterocycles. The number of fused-ring (bicyclic) bond motifs is 3. The van der Waals surface area contributed by atoms with Gasteiger partial charge in [-0.05, 0) is 70.9 Å². The lowest BCUT2D eigenvalue weighted by Crippen LogP contribution is -2.40. The maximum atomic E-state index is 11.6. The molecule has 0 saturated carbocycles. The molecule has 0 spiro atoms. The first-order valence-corrected chi connectivity index (χ1v) is 10.8. The van der Waals surface area contributed by atoms with Crippen LogP contribution in [0.5, 0.6) is 11.5 Å². The minimum absolute atomic E-state index is 0.203. The highest BCUT2D eigenvalue weighted by Gasteiger charge is 2.39. The summed E-state index contributed by atoms with van der Waals surface area (Å²) < 4.78 is 23.0. The Kier molecular flexibility index (Phi) is 6.34. The molecular weight excluding hydrogens is 384 g/mol. The van der Waals surface area contributed by atoms with Gasteiger partial charge in [0.25, 0.3) is 0 Å². The van der Waals surface area contributed by atoms with Gasteiger partial charge in [0, 0.05) is 30.9 Å². The fraction of sp³-hybridized carbons (Fsp3) is 0.667. The van der Waals surface area contributed by atoms with Gasteiger partial charge in [-0.3, -0.25) is 9.59 Å². The molecule has 166 valence electrons. The highest BCUT2D eigenvalue weighted by molar-refractivity contribution is 5.69. The van der Waals surface area contributed by atoms with Crippen LogP contribution in [0.15, 0.2) is 0 Å². The lowest BCUT2D eigenvalue weighted by atomic mass is 9.81. The summed E-state index contributed by atoms with van der Waals surface area (Å²) in [7, 11) is 1.42. The Morgan fingerprint density at radius 3 is 1.90 bits per heavy atom. The molecule has 0 amide bonds. The van der Waals surface area contributed by atoms with Gasteiger partial charge in [0.15, 0.2) is 0 Å². The molecule has 2 unspecified atom stereocenters. The van der Waals surface area contributed by atoms with Gasteiger partial charge in [-0.25, -0.2) is 0 Å². The first-order valence-electron chi connectivity index (χ1n) is 10.8. The van der Waals surface area contributed by atoms with Crippen molar-refractivity contribution in [2.75, 3.05) is 13.7 Å². The van der Waals surface area contributed by atoms with E-state index in [-0.39, 0.29) is 23.1 Å². The van der Waals surface area contributed by atoms with Crippen molar-refractivity contribution < 1.29 is 28.5 Å². The van der Waals surface area contributed by atoms with E-state index in [1.807, 2.05) is 0 Å². The quantitative estimate of drug-likeness (QED) is 0.639. The molecule has 1 aromatic rings. The predicted molar refractivity (Wildman–Crippen MR) is 113 cm³/mol. The Hall–Kier alpha value is -2.24. The van der Waals surface area contributed by atoms with E-state index in [9.17, 15) is 9.59 Å². The van der Waals surface area contributed by atoms with Crippen LogP contribution in [-0.4, -0.2) is 36.9 Å². The Morgan fingerprint density at radius 2 is 1.43 bits per heavy atom. The summed E-state index contributed by atoms with van der Waals surface area (Å²) in [5.74, 6) is 1.45. The Balaban J connectivity index is 1.83. The van der Waals surface area contributed by atoms with Gasteiger partial charge in [-0.1, -0.05) is 0 Å². The monoisotopic (exact) mass is 418 g/mol. The van der Waals surface area contributed by atoms with Crippen LogP contribution < -0.4 is 9.47 Å². The molecule has 0 saturated heterocycles. The molecule has 3 rings (SSSR count). The first-order chi connectivity index (χ1) is 14.1. The van der Waals surface area contributed by atoms with Crippen LogP contribution in [0.2, 0.25) is 0 Å². The zero-order chi connectivity index (χ0) is 22.1. The summed E-state index contributed by atoms with van der Waals surface area (Å²) in [4.78, 5) is 22.7. The lowest BCUT2D eigenvalue weighted by Gasteiger charge is -2.42. The third-order valence-electron chi connectivity index (χ3n) is 6.68. The molecule has 30 heavy (non-hydrogen) atoms. The molecule has 2 heterocycles. The highest BCUT2D eigenvalue weighted by atomic mass is 16.5. The number of rotatable bonds is 6. The Morgan fingerprint density at radius 1 is 0.933 bits per heavy atom. The van der Waals surface area contributed by atoms with Crippen LogP contribution in [0, 0.1) is 13.8 Å². The number of esters is 2. The predicted octanol–water partition coefficient (Wildman–Crippen LogP) is 4.38. The van der Waals surface area contributed by atoms with Crippen molar-refractivity contribution in [2.24, 2.45) is 0 Å². The smallest absolute Gasteiger partial charge is 0.305 e. The van der Waals surface area contributed by atoms with E-state index in [4.69, 9.17) is 18.9 Å². The average Bonchev–Trinajstić information content (AvgIpc) is 2.70. The van der Waals surface area contributed by atoms with Crippen molar-refractivity contribution in [2.45, 2.75) is 90.8 Å². The summed E-state index contributed by atoms with van der Waals surface area (Å²) in [6.45, 7) is 10.1. The van der Waals surface area contributed by atoms with Gasteiger partial charge in [0.1, 0.15) is 22.7 Å². The van der Waals surface area contributed by atoms with E-state index in [2.05, 4.69) is 27.7 Å². The van der Waals surface area contributed by atoms with Gasteiger partial charge in [-0.15, -0.1) is 0 Å². The number of hydrogen-bond donors (Lipinski definition) is 0. The second-order valence-electron chi connectivity index (χ2n) is 9.14. The molecule has 6 nitrogen and oxygen atoms in total. The van der Waals surface area contributed by atoms with Gasteiger partial charge in [-0.2, -0.15) is 0 Å². The number of ether oxygens (including phenoxy) is 4. The van der Waals surface area contributed by atoms with Gasteiger partial charge in [0.05, 0.1) is 13.7 Å². The van der Waals surface area contributed by atoms with Gasteiger partial charge in [0.2, 0.25) is 0 Å². The summed E-state index contributed by atoms with van der Waals surface area (Å²) in [5, 5.41) is 0. The van der Waals surface area contributed by atoms with Crippen molar-refractivity contribution in [1.29, 1.82) is 0 Å². The molecular formula is C24H34O6. The maximum absolute atomic E-state index is 11.6. The molecule has 0 bridgehead atoms. The Labute approximate surface area is 179 Å². The van der Waals surface area contributed by atoms with E-state index in [1.54, 1.807) is 0 Å². The van der Waals surface area contributed by atoms with Crippen molar-refractivity contribution >= 4 is 11.9 Å². The van der Waals surface area contributed by atoms with Crippen LogP contribution in [-0.2, 0) is 31.9 Å². The molecule has 2 aliphatic rings. The number of carbonyl (C=O) groups is 2. The fourth-order valence-corrected chi connectivity index (χ4v) is 4.48. The summed E-state index contributed by atoms with van der Waals surface area (Å²) >= 11 is 0. The minimum Gasteiger partial charge on any atom is -0.487 e. The lowest BCUT2D eigenvalue weighted by molar-refractivity contribution is -0.142. The third-order valence-corrected chi connectivity index (χ3v) is 6.68. The van der Waals surface area contributed by atoms with Gasteiger partial charge >= 0.3 is 11.9 Å². The minimum atomic E-state index is -0.374. The molecule has 0 aliphatic carbocycles. The summed E-state index contributed by atoms with van der Waals surface area (Å²) in [6, 6.07) is 0. The van der Waals surface area contributed by atoms with Gasteiger partial charge < -0.3 is 18.9 Å². The third kappa shape index (κ3) is 4.57. The van der Waals surface area contributed by atoms with E-state index in [1.165, 1.54) is 25.2 Å². The van der Waals surface area contributed by atoms with Crippen molar-refractivity contribution in [3.63, 3.8) is 0 Å². The standard InChI is InChI=1S/C24H34O6/c1-15-16(2)22-19(8-11-24(5,30-22)13-14-28-17(3)25)18-7-10-23(4,29-21(15)18)12-9-20(26)27-6/h7-14H2,1-6H3. The molecule has 2 atom stereocenters. The second-order valence-corrected chi connectivity index (χ2v) is 9.14. The molecule has 1 aromatic carbocycles. The number of benzene rings is 1. The zero-order valence-electron chi connectivity index (χ0n) is 19.1. The van der Waals surface area contributed by atoms with E-state index in [0.717, 1.165) is 48.3 Å². The highest BCUT2D eigenvalue weighted by Crippen LogP contribution is 2.48. The van der Waals surface area contributed by atoms with Crippen molar-refractivity contribution in [3.05, 3.63) is 22.3 Å². The van der Waals surface area contributed by atoms with E-state index >= 15 is 0 Å². The average molecular weight is 419 g/mol. The number of carbonyl (C=O) groups excluding carboxylic acids is 2. The molecule has 0 aromatic heterocycles. The van der Waals surface area contributed by atoms with Crippen LogP contribution in [0.3, 0.4) is 0 Å². The van der Waals surface area contributed by atoms with E-state index < -0.39 is 0 Å². The van der Waals surface area contributed by atoms with Crippen molar-refractivity contribution in [3.8, 4) is 11.5 Å². The summed E-state index contributed by atoms with van der Waals surface area (Å²) in [6.07, 6.45) is 5.21. The molecule has 0 N–H and O–H groups in total. The number of methoxy groups -OCH3 is 1. The zero-order valence-corrected chi connectivity index (χ0v) is 19.1. The van der Waals surface area contributed by atoms with Crippen LogP contribution in [0.4, 0.5) is 0 Å². The SMILES string of the molecule is COC(=O)CCC1(C)CCc2c3c(c(C)c(C)c2O1)OC(C)(CCOC(C)=O)CC3. The fourth-order valence-electron chi connectivity index (χ4n) is 4.48. The largest absolute Gasteiger partial charge is 0.487 e. The molecule has 0 fully saturated rings. The Bertz CT molecular complexity index is 845. The maximum Gasteiger partial charge on any atom is 0.305 e. The molecule has 0 radical (unpaired) electrons. The van der Waals surface area contributed by atoms with Crippen LogP contribution in [0.25, 0.3) is 0 Å². The van der Waals surface area contributed by atoms with Crippen LogP contribution >= 0.6 is 0 Å². The topological polar surface area (TPSA) is 71.1 Å². The summed E-state index contributed by atoms with van der Waals surface area (Å²) in [5.41, 5.74) is 3.95.